The molecule has 0 amide bonds. The van der Waals surface area contributed by atoms with Crippen LogP contribution in [0.5, 0.6) is 0 Å². The highest BCUT2D eigenvalue weighted by Crippen LogP contribution is 2.13. The van der Waals surface area contributed by atoms with Crippen LogP contribution in [0.15, 0.2) is 18.3 Å². The Kier molecular flexibility index (Phi) is 4.86. The zero-order chi connectivity index (χ0) is 11.1. The van der Waals surface area contributed by atoms with Crippen molar-refractivity contribution in [2.24, 2.45) is 0 Å². The van der Waals surface area contributed by atoms with Crippen molar-refractivity contribution in [2.45, 2.75) is 0 Å². The van der Waals surface area contributed by atoms with E-state index in [1.54, 1.807) is 6.20 Å². The summed E-state index contributed by atoms with van der Waals surface area (Å²) >= 11 is 0. The van der Waals surface area contributed by atoms with Crippen LogP contribution in [0.25, 0.3) is 0 Å². The third kappa shape index (κ3) is 4.14. The molecule has 0 aromatic carbocycles. The summed E-state index contributed by atoms with van der Waals surface area (Å²) in [6, 6.07) is 3.70. The van der Waals surface area contributed by atoms with E-state index >= 15 is 0 Å². The number of pyridine rings is 1. The standard InChI is InChI=1S/C10H17N3O2/c1-13(4-6-15-7-5-14)9-2-3-12-10(11)8-9/h2-3,8,14H,4-7H2,1H3,(H2,11,12). The Morgan fingerprint density at radius 3 is 3.00 bits per heavy atom. The van der Waals surface area contributed by atoms with Crippen LogP contribution < -0.4 is 10.6 Å². The van der Waals surface area contributed by atoms with E-state index in [1.807, 2.05) is 24.1 Å². The first-order valence-electron chi connectivity index (χ1n) is 4.85. The third-order valence-corrected chi connectivity index (χ3v) is 2.01. The molecule has 0 bridgehead atoms. The summed E-state index contributed by atoms with van der Waals surface area (Å²) in [6.45, 7) is 1.78. The highest BCUT2D eigenvalue weighted by molar-refractivity contribution is 5.51. The number of ether oxygens (including phenoxy) is 1. The molecule has 0 aliphatic rings. The van der Waals surface area contributed by atoms with Crippen LogP contribution in [0.1, 0.15) is 0 Å². The quantitative estimate of drug-likeness (QED) is 0.653. The molecule has 15 heavy (non-hydrogen) atoms. The van der Waals surface area contributed by atoms with Crippen molar-refractivity contribution in [3.05, 3.63) is 18.3 Å². The van der Waals surface area contributed by atoms with Gasteiger partial charge in [-0.1, -0.05) is 0 Å². The molecule has 1 aromatic rings. The number of nitrogens with zero attached hydrogens (tertiary/aromatic N) is 2. The lowest BCUT2D eigenvalue weighted by molar-refractivity contribution is 0.0971. The second-order valence-electron chi connectivity index (χ2n) is 3.20. The Bertz CT molecular complexity index is 294. The summed E-state index contributed by atoms with van der Waals surface area (Å²) < 4.78 is 5.17. The van der Waals surface area contributed by atoms with Gasteiger partial charge in [0.1, 0.15) is 5.82 Å². The van der Waals surface area contributed by atoms with E-state index in [9.17, 15) is 0 Å². The Balaban J connectivity index is 2.36. The molecule has 0 fully saturated rings. The number of nitrogens with two attached hydrogens (primary N) is 1. The Hall–Kier alpha value is -1.33. The lowest BCUT2D eigenvalue weighted by Crippen LogP contribution is -2.23. The van der Waals surface area contributed by atoms with E-state index in [0.717, 1.165) is 12.2 Å². The third-order valence-electron chi connectivity index (χ3n) is 2.01. The molecule has 0 aliphatic carbocycles. The van der Waals surface area contributed by atoms with Crippen molar-refractivity contribution in [3.8, 4) is 0 Å². The molecule has 5 heteroatoms. The monoisotopic (exact) mass is 211 g/mol. The van der Waals surface area contributed by atoms with Crippen LogP contribution >= 0.6 is 0 Å². The summed E-state index contributed by atoms with van der Waals surface area (Å²) in [6.07, 6.45) is 1.68. The van der Waals surface area contributed by atoms with E-state index in [1.165, 1.54) is 0 Å². The number of hydrogen-bond donors (Lipinski definition) is 2. The molecule has 84 valence electrons. The normalized spacial score (nSPS) is 10.3. The highest BCUT2D eigenvalue weighted by Gasteiger charge is 2.00. The minimum Gasteiger partial charge on any atom is -0.394 e. The zero-order valence-corrected chi connectivity index (χ0v) is 8.89. The van der Waals surface area contributed by atoms with Crippen LogP contribution in [0, 0.1) is 0 Å². The number of rotatable bonds is 6. The molecule has 0 unspecified atom stereocenters. The summed E-state index contributed by atoms with van der Waals surface area (Å²) in [7, 11) is 1.96. The predicted octanol–water partition coefficient (Wildman–Crippen LogP) is 0.109. The van der Waals surface area contributed by atoms with Crippen molar-refractivity contribution >= 4 is 11.5 Å². The Morgan fingerprint density at radius 1 is 1.53 bits per heavy atom. The lowest BCUT2D eigenvalue weighted by atomic mass is 10.3. The molecule has 0 aliphatic heterocycles. The fourth-order valence-electron chi connectivity index (χ4n) is 1.17. The van der Waals surface area contributed by atoms with Gasteiger partial charge >= 0.3 is 0 Å². The summed E-state index contributed by atoms with van der Waals surface area (Å²) in [5, 5.41) is 8.52. The van der Waals surface area contributed by atoms with Crippen LogP contribution in [-0.2, 0) is 4.74 Å². The van der Waals surface area contributed by atoms with Gasteiger partial charge in [-0.15, -0.1) is 0 Å². The molecule has 1 aromatic heterocycles. The van der Waals surface area contributed by atoms with Gasteiger partial charge in [0.05, 0.1) is 19.8 Å². The summed E-state index contributed by atoms with van der Waals surface area (Å²) in [5.41, 5.74) is 6.58. The van der Waals surface area contributed by atoms with Crippen molar-refractivity contribution in [2.75, 3.05) is 44.0 Å². The van der Waals surface area contributed by atoms with Gasteiger partial charge in [0.25, 0.3) is 0 Å². The predicted molar refractivity (Wildman–Crippen MR) is 59.8 cm³/mol. The highest BCUT2D eigenvalue weighted by atomic mass is 16.5. The average molecular weight is 211 g/mol. The maximum Gasteiger partial charge on any atom is 0.125 e. The number of nitrogen functional groups attached to an aromatic ring is 1. The van der Waals surface area contributed by atoms with Gasteiger partial charge in [-0.05, 0) is 6.07 Å². The number of aromatic nitrogens is 1. The topological polar surface area (TPSA) is 71.6 Å². The molecule has 0 saturated carbocycles. The fourth-order valence-corrected chi connectivity index (χ4v) is 1.17. The molecule has 5 nitrogen and oxygen atoms in total. The van der Waals surface area contributed by atoms with E-state index in [4.69, 9.17) is 15.6 Å². The molecule has 1 rings (SSSR count). The summed E-state index contributed by atoms with van der Waals surface area (Å²) in [4.78, 5) is 5.94. The van der Waals surface area contributed by atoms with E-state index < -0.39 is 0 Å². The largest absolute Gasteiger partial charge is 0.394 e. The van der Waals surface area contributed by atoms with E-state index in [2.05, 4.69) is 4.98 Å². The first kappa shape index (κ1) is 11.7. The second kappa shape index (κ2) is 6.21. The first-order chi connectivity index (χ1) is 7.24. The molecule has 0 radical (unpaired) electrons. The number of aliphatic hydroxyl groups is 1. The maximum absolute atomic E-state index is 8.52. The molecule has 3 N–H and O–H groups in total. The molecule has 0 saturated heterocycles. The maximum atomic E-state index is 8.52. The summed E-state index contributed by atoms with van der Waals surface area (Å²) in [5.74, 6) is 0.510. The minimum atomic E-state index is 0.0614. The van der Waals surface area contributed by atoms with Crippen LogP contribution in [0.4, 0.5) is 11.5 Å². The van der Waals surface area contributed by atoms with Crippen molar-refractivity contribution in [1.29, 1.82) is 0 Å². The zero-order valence-electron chi connectivity index (χ0n) is 8.89. The smallest absolute Gasteiger partial charge is 0.125 e. The fraction of sp³-hybridized carbons (Fsp3) is 0.500. The lowest BCUT2D eigenvalue weighted by Gasteiger charge is -2.19. The SMILES string of the molecule is CN(CCOCCO)c1ccnc(N)c1. The van der Waals surface area contributed by atoms with Gasteiger partial charge < -0.3 is 20.5 Å². The Labute approximate surface area is 89.5 Å². The average Bonchev–Trinajstić information content (AvgIpc) is 2.24. The van der Waals surface area contributed by atoms with Gasteiger partial charge in [-0.3, -0.25) is 0 Å². The first-order valence-corrected chi connectivity index (χ1v) is 4.85. The van der Waals surface area contributed by atoms with Crippen molar-refractivity contribution < 1.29 is 9.84 Å². The Morgan fingerprint density at radius 2 is 2.33 bits per heavy atom. The number of aliphatic hydroxyl groups excluding tert-OH is 1. The van der Waals surface area contributed by atoms with Crippen LogP contribution in [0.3, 0.4) is 0 Å². The molecular formula is C10H17N3O2. The van der Waals surface area contributed by atoms with Crippen molar-refractivity contribution in [3.63, 3.8) is 0 Å². The molecule has 1 heterocycles. The van der Waals surface area contributed by atoms with Gasteiger partial charge in [0, 0.05) is 31.5 Å². The van der Waals surface area contributed by atoms with E-state index in [-0.39, 0.29) is 6.61 Å². The second-order valence-corrected chi connectivity index (χ2v) is 3.20. The number of anilines is 2. The van der Waals surface area contributed by atoms with Gasteiger partial charge in [0.15, 0.2) is 0 Å². The van der Waals surface area contributed by atoms with Gasteiger partial charge in [-0.2, -0.15) is 0 Å². The van der Waals surface area contributed by atoms with Gasteiger partial charge in [-0.25, -0.2) is 4.98 Å². The van der Waals surface area contributed by atoms with Crippen LogP contribution in [0.2, 0.25) is 0 Å². The van der Waals surface area contributed by atoms with Gasteiger partial charge in [0.2, 0.25) is 0 Å². The van der Waals surface area contributed by atoms with Crippen LogP contribution in [-0.4, -0.2) is 43.5 Å². The number of likely N-dealkylation sites (N-methyl/N-ethyl adjacent to an activating group) is 1. The molecule has 0 spiro atoms. The van der Waals surface area contributed by atoms with Crippen molar-refractivity contribution in [1.82, 2.24) is 4.98 Å². The molecule has 0 atom stereocenters. The molecular weight excluding hydrogens is 194 g/mol. The number of hydrogen-bond acceptors (Lipinski definition) is 5. The van der Waals surface area contributed by atoms with E-state index in [0.29, 0.717) is 19.0 Å². The minimum absolute atomic E-state index is 0.0614.